The Bertz CT molecular complexity index is 671. The van der Waals surface area contributed by atoms with E-state index in [9.17, 15) is 0 Å². The number of hydrogen-bond acceptors (Lipinski definition) is 6. The minimum atomic E-state index is 0.813. The van der Waals surface area contributed by atoms with Crippen LogP contribution < -0.4 is 20.4 Å². The summed E-state index contributed by atoms with van der Waals surface area (Å²) < 4.78 is 0. The number of hydrogen-bond donors (Lipinski definition) is 2. The lowest BCUT2D eigenvalue weighted by Gasteiger charge is -2.29. The van der Waals surface area contributed by atoms with Crippen molar-refractivity contribution >= 4 is 23.3 Å². The van der Waals surface area contributed by atoms with Crippen molar-refractivity contribution < 1.29 is 0 Å². The highest BCUT2D eigenvalue weighted by atomic mass is 15.3. The van der Waals surface area contributed by atoms with Crippen LogP contribution in [0.5, 0.6) is 0 Å². The number of rotatable bonds is 7. The predicted molar refractivity (Wildman–Crippen MR) is 110 cm³/mol. The molecule has 0 atom stereocenters. The molecule has 0 saturated carbocycles. The fraction of sp³-hybridized carbons (Fsp3) is 0.500. The molecule has 1 aromatic carbocycles. The molecule has 2 heterocycles. The molecule has 0 amide bonds. The molecule has 1 fully saturated rings. The van der Waals surface area contributed by atoms with Crippen LogP contribution in [0.2, 0.25) is 0 Å². The van der Waals surface area contributed by atoms with Gasteiger partial charge >= 0.3 is 0 Å². The van der Waals surface area contributed by atoms with Gasteiger partial charge in [-0.2, -0.15) is 9.97 Å². The van der Waals surface area contributed by atoms with Crippen molar-refractivity contribution in [2.24, 2.45) is 0 Å². The minimum Gasteiger partial charge on any atom is -0.357 e. The Balaban J connectivity index is 1.91. The summed E-state index contributed by atoms with van der Waals surface area (Å²) in [7, 11) is 0. The quantitative estimate of drug-likeness (QED) is 0.796. The monoisotopic (exact) mass is 354 g/mol. The van der Waals surface area contributed by atoms with Crippen molar-refractivity contribution in [2.45, 2.75) is 27.2 Å². The van der Waals surface area contributed by atoms with E-state index in [2.05, 4.69) is 71.5 Å². The molecule has 1 aliphatic rings. The number of nitrogens with one attached hydrogen (secondary N) is 2. The highest BCUT2D eigenvalue weighted by Crippen LogP contribution is 2.24. The van der Waals surface area contributed by atoms with Gasteiger partial charge in [0.25, 0.3) is 0 Å². The number of benzene rings is 1. The Morgan fingerprint density at radius 3 is 2.50 bits per heavy atom. The lowest BCUT2D eigenvalue weighted by molar-refractivity contribution is 0.579. The summed E-state index contributed by atoms with van der Waals surface area (Å²) >= 11 is 0. The van der Waals surface area contributed by atoms with E-state index >= 15 is 0 Å². The highest BCUT2D eigenvalue weighted by molar-refractivity contribution is 5.62. The molecule has 1 saturated heterocycles. The fourth-order valence-electron chi connectivity index (χ4n) is 3.14. The topological polar surface area (TPSA) is 56.3 Å². The molecule has 2 aromatic rings. The maximum atomic E-state index is 4.88. The summed E-state index contributed by atoms with van der Waals surface area (Å²) in [4.78, 5) is 14.3. The number of aryl methyl sites for hydroxylation is 1. The lowest BCUT2D eigenvalue weighted by Crippen LogP contribution is -2.44. The second-order valence-corrected chi connectivity index (χ2v) is 6.72. The van der Waals surface area contributed by atoms with Crippen molar-refractivity contribution in [3.05, 3.63) is 35.9 Å². The maximum absolute atomic E-state index is 4.88. The van der Waals surface area contributed by atoms with Crippen molar-refractivity contribution in [3.63, 3.8) is 0 Å². The number of piperazine rings is 1. The number of anilines is 4. The van der Waals surface area contributed by atoms with Crippen LogP contribution in [0.1, 0.15) is 25.8 Å². The van der Waals surface area contributed by atoms with Gasteiger partial charge in [0, 0.05) is 51.0 Å². The minimum absolute atomic E-state index is 0.813. The van der Waals surface area contributed by atoms with E-state index in [4.69, 9.17) is 9.97 Å². The third-order valence-corrected chi connectivity index (χ3v) is 4.62. The van der Waals surface area contributed by atoms with E-state index in [0.29, 0.717) is 0 Å². The summed E-state index contributed by atoms with van der Waals surface area (Å²) in [5, 5.41) is 6.84. The van der Waals surface area contributed by atoms with E-state index in [0.717, 1.165) is 69.0 Å². The number of aromatic nitrogens is 2. The van der Waals surface area contributed by atoms with Gasteiger partial charge in [-0.05, 0) is 32.4 Å². The van der Waals surface area contributed by atoms with E-state index in [1.165, 1.54) is 5.56 Å². The third-order valence-electron chi connectivity index (χ3n) is 4.62. The zero-order valence-electron chi connectivity index (χ0n) is 16.1. The standard InChI is InChI=1S/C20H30N6/c1-4-12-25(5-2)19-15-18(22-17-8-6-16(3)7-9-17)23-20(24-19)26-13-10-21-11-14-26/h6-9,15,21H,4-5,10-14H2,1-3H3,(H,22,23,24). The van der Waals surface area contributed by atoms with Crippen LogP contribution in [-0.4, -0.2) is 49.2 Å². The smallest absolute Gasteiger partial charge is 0.229 e. The summed E-state index contributed by atoms with van der Waals surface area (Å²) in [6, 6.07) is 10.5. The Kier molecular flexibility index (Phi) is 6.28. The van der Waals surface area contributed by atoms with Crippen LogP contribution in [0.4, 0.5) is 23.3 Å². The predicted octanol–water partition coefficient (Wildman–Crippen LogP) is 3.17. The van der Waals surface area contributed by atoms with Gasteiger partial charge in [0.2, 0.25) is 5.95 Å². The average molecular weight is 355 g/mol. The van der Waals surface area contributed by atoms with E-state index < -0.39 is 0 Å². The molecule has 0 unspecified atom stereocenters. The van der Waals surface area contributed by atoms with Crippen LogP contribution in [0, 0.1) is 6.92 Å². The van der Waals surface area contributed by atoms with Crippen LogP contribution in [0.3, 0.4) is 0 Å². The van der Waals surface area contributed by atoms with E-state index in [-0.39, 0.29) is 0 Å². The summed E-state index contributed by atoms with van der Waals surface area (Å²) in [6.45, 7) is 12.2. The Labute approximate surface area is 156 Å². The maximum Gasteiger partial charge on any atom is 0.229 e. The summed E-state index contributed by atoms with van der Waals surface area (Å²) in [6.07, 6.45) is 1.10. The van der Waals surface area contributed by atoms with Crippen LogP contribution in [0.15, 0.2) is 30.3 Å². The summed E-state index contributed by atoms with van der Waals surface area (Å²) in [5.41, 5.74) is 2.30. The van der Waals surface area contributed by atoms with Crippen molar-refractivity contribution in [1.29, 1.82) is 0 Å². The molecule has 26 heavy (non-hydrogen) atoms. The van der Waals surface area contributed by atoms with Gasteiger partial charge in [-0.25, -0.2) is 0 Å². The average Bonchev–Trinajstić information content (AvgIpc) is 2.68. The Morgan fingerprint density at radius 1 is 1.12 bits per heavy atom. The van der Waals surface area contributed by atoms with Gasteiger partial charge in [0.15, 0.2) is 0 Å². The Hall–Kier alpha value is -2.34. The first-order chi connectivity index (χ1) is 12.7. The zero-order chi connectivity index (χ0) is 18.4. The zero-order valence-corrected chi connectivity index (χ0v) is 16.1. The van der Waals surface area contributed by atoms with Gasteiger partial charge in [0.05, 0.1) is 0 Å². The first-order valence-corrected chi connectivity index (χ1v) is 9.63. The molecule has 3 rings (SSSR count). The molecular weight excluding hydrogens is 324 g/mol. The first-order valence-electron chi connectivity index (χ1n) is 9.63. The lowest BCUT2D eigenvalue weighted by atomic mass is 10.2. The second-order valence-electron chi connectivity index (χ2n) is 6.72. The van der Waals surface area contributed by atoms with Gasteiger partial charge in [-0.15, -0.1) is 0 Å². The fourth-order valence-corrected chi connectivity index (χ4v) is 3.14. The molecular formula is C20H30N6. The Morgan fingerprint density at radius 2 is 1.85 bits per heavy atom. The molecule has 6 nitrogen and oxygen atoms in total. The molecule has 0 bridgehead atoms. The van der Waals surface area contributed by atoms with Crippen LogP contribution >= 0.6 is 0 Å². The molecule has 0 spiro atoms. The van der Waals surface area contributed by atoms with Crippen LogP contribution in [-0.2, 0) is 0 Å². The molecule has 140 valence electrons. The molecule has 6 heteroatoms. The molecule has 1 aromatic heterocycles. The molecule has 1 aliphatic heterocycles. The normalized spacial score (nSPS) is 14.3. The van der Waals surface area contributed by atoms with Gasteiger partial charge in [0.1, 0.15) is 11.6 Å². The van der Waals surface area contributed by atoms with Crippen molar-refractivity contribution in [1.82, 2.24) is 15.3 Å². The third kappa shape index (κ3) is 4.64. The van der Waals surface area contributed by atoms with E-state index in [1.54, 1.807) is 0 Å². The highest BCUT2D eigenvalue weighted by Gasteiger charge is 2.17. The van der Waals surface area contributed by atoms with E-state index in [1.807, 2.05) is 0 Å². The van der Waals surface area contributed by atoms with Gasteiger partial charge in [-0.3, -0.25) is 0 Å². The SMILES string of the molecule is CCCN(CC)c1cc(Nc2ccc(C)cc2)nc(N2CCNCC2)n1. The largest absolute Gasteiger partial charge is 0.357 e. The molecule has 2 N–H and O–H groups in total. The summed E-state index contributed by atoms with van der Waals surface area (Å²) in [5.74, 6) is 2.66. The first kappa shape index (κ1) is 18.5. The molecule has 0 aliphatic carbocycles. The van der Waals surface area contributed by atoms with Gasteiger partial charge in [-0.1, -0.05) is 24.6 Å². The number of nitrogens with zero attached hydrogens (tertiary/aromatic N) is 4. The van der Waals surface area contributed by atoms with Crippen molar-refractivity contribution in [2.75, 3.05) is 54.4 Å². The second kappa shape index (κ2) is 8.85. The molecule has 0 radical (unpaired) electrons. The van der Waals surface area contributed by atoms with Crippen LogP contribution in [0.25, 0.3) is 0 Å². The van der Waals surface area contributed by atoms with Gasteiger partial charge < -0.3 is 20.4 Å². The van der Waals surface area contributed by atoms with Crippen molar-refractivity contribution in [3.8, 4) is 0 Å².